The molecule has 0 radical (unpaired) electrons. The molecule has 0 saturated carbocycles. The molecular formula is C14H17NOS. The maximum absolute atomic E-state index is 5.24. The van der Waals surface area contributed by atoms with Crippen molar-refractivity contribution in [2.75, 3.05) is 7.11 Å². The standard InChI is InChI=1S/C14H17NOS/c1-11-7-12(3-4-14(11)16-2)8-15-9-13-5-6-17-10-13/h3-7,10,15H,8-9H2,1-2H3. The van der Waals surface area contributed by atoms with E-state index in [1.807, 2.05) is 6.07 Å². The van der Waals surface area contributed by atoms with E-state index < -0.39 is 0 Å². The van der Waals surface area contributed by atoms with Gasteiger partial charge in [0.25, 0.3) is 0 Å². The number of nitrogens with one attached hydrogen (secondary N) is 1. The van der Waals surface area contributed by atoms with Crippen molar-refractivity contribution in [1.82, 2.24) is 5.32 Å². The average molecular weight is 247 g/mol. The Bertz CT molecular complexity index is 465. The van der Waals surface area contributed by atoms with Crippen LogP contribution in [-0.4, -0.2) is 7.11 Å². The molecule has 17 heavy (non-hydrogen) atoms. The summed E-state index contributed by atoms with van der Waals surface area (Å²) in [6.45, 7) is 3.89. The molecule has 0 bridgehead atoms. The highest BCUT2D eigenvalue weighted by molar-refractivity contribution is 7.07. The summed E-state index contributed by atoms with van der Waals surface area (Å²) in [6.07, 6.45) is 0. The van der Waals surface area contributed by atoms with Crippen LogP contribution in [0.2, 0.25) is 0 Å². The topological polar surface area (TPSA) is 21.3 Å². The maximum Gasteiger partial charge on any atom is 0.121 e. The van der Waals surface area contributed by atoms with Gasteiger partial charge in [0.05, 0.1) is 7.11 Å². The predicted molar refractivity (Wildman–Crippen MR) is 72.6 cm³/mol. The van der Waals surface area contributed by atoms with Gasteiger partial charge in [-0.1, -0.05) is 12.1 Å². The van der Waals surface area contributed by atoms with Gasteiger partial charge in [-0.25, -0.2) is 0 Å². The lowest BCUT2D eigenvalue weighted by molar-refractivity contribution is 0.411. The quantitative estimate of drug-likeness (QED) is 0.875. The van der Waals surface area contributed by atoms with Gasteiger partial charge < -0.3 is 10.1 Å². The minimum absolute atomic E-state index is 0.890. The molecule has 0 aliphatic rings. The van der Waals surface area contributed by atoms with Crippen molar-refractivity contribution in [1.29, 1.82) is 0 Å². The van der Waals surface area contributed by atoms with Crippen LogP contribution < -0.4 is 10.1 Å². The number of benzene rings is 1. The van der Waals surface area contributed by atoms with Gasteiger partial charge in [0, 0.05) is 13.1 Å². The van der Waals surface area contributed by atoms with Crippen LogP contribution in [0.15, 0.2) is 35.0 Å². The highest BCUT2D eigenvalue weighted by Crippen LogP contribution is 2.18. The van der Waals surface area contributed by atoms with Crippen LogP contribution in [0.4, 0.5) is 0 Å². The number of aryl methyl sites for hydroxylation is 1. The highest BCUT2D eigenvalue weighted by atomic mass is 32.1. The van der Waals surface area contributed by atoms with Crippen molar-refractivity contribution in [3.8, 4) is 5.75 Å². The Kier molecular flexibility index (Phi) is 4.18. The number of rotatable bonds is 5. The van der Waals surface area contributed by atoms with Crippen molar-refractivity contribution in [3.63, 3.8) is 0 Å². The van der Waals surface area contributed by atoms with Crippen molar-refractivity contribution >= 4 is 11.3 Å². The monoisotopic (exact) mass is 247 g/mol. The zero-order chi connectivity index (χ0) is 12.1. The largest absolute Gasteiger partial charge is 0.496 e. The zero-order valence-corrected chi connectivity index (χ0v) is 11.0. The molecule has 0 spiro atoms. The SMILES string of the molecule is COc1ccc(CNCc2ccsc2)cc1C. The third-order valence-electron chi connectivity index (χ3n) is 2.70. The van der Waals surface area contributed by atoms with E-state index in [2.05, 4.69) is 41.2 Å². The Morgan fingerprint density at radius 2 is 2.00 bits per heavy atom. The number of hydrogen-bond donors (Lipinski definition) is 1. The minimum atomic E-state index is 0.890. The van der Waals surface area contributed by atoms with E-state index >= 15 is 0 Å². The van der Waals surface area contributed by atoms with Crippen LogP contribution in [0.25, 0.3) is 0 Å². The van der Waals surface area contributed by atoms with Crippen molar-refractivity contribution in [2.45, 2.75) is 20.0 Å². The van der Waals surface area contributed by atoms with E-state index in [1.165, 1.54) is 16.7 Å². The second kappa shape index (κ2) is 5.84. The molecule has 90 valence electrons. The molecule has 0 aliphatic carbocycles. The normalized spacial score (nSPS) is 10.5. The Balaban J connectivity index is 1.89. The smallest absolute Gasteiger partial charge is 0.121 e. The fourth-order valence-corrected chi connectivity index (χ4v) is 2.46. The predicted octanol–water partition coefficient (Wildman–Crippen LogP) is 3.35. The third kappa shape index (κ3) is 3.32. The second-order valence-electron chi connectivity index (χ2n) is 4.04. The Hall–Kier alpha value is -1.32. The average Bonchev–Trinajstić information content (AvgIpc) is 2.82. The Labute approximate surface area is 106 Å². The summed E-state index contributed by atoms with van der Waals surface area (Å²) in [5.74, 6) is 0.951. The van der Waals surface area contributed by atoms with Crippen LogP contribution in [0.3, 0.4) is 0 Å². The molecule has 2 nitrogen and oxygen atoms in total. The van der Waals surface area contributed by atoms with Crippen molar-refractivity contribution < 1.29 is 4.74 Å². The number of ether oxygens (including phenoxy) is 1. The van der Waals surface area contributed by atoms with E-state index in [4.69, 9.17) is 4.74 Å². The van der Waals surface area contributed by atoms with Gasteiger partial charge in [0.15, 0.2) is 0 Å². The maximum atomic E-state index is 5.24. The van der Waals surface area contributed by atoms with E-state index in [-0.39, 0.29) is 0 Å². The third-order valence-corrected chi connectivity index (χ3v) is 3.43. The van der Waals surface area contributed by atoms with Crippen LogP contribution in [0, 0.1) is 6.92 Å². The Morgan fingerprint density at radius 1 is 1.18 bits per heavy atom. The summed E-state index contributed by atoms with van der Waals surface area (Å²) in [5.41, 5.74) is 3.82. The first-order valence-electron chi connectivity index (χ1n) is 5.65. The summed E-state index contributed by atoms with van der Waals surface area (Å²) < 4.78 is 5.24. The summed E-state index contributed by atoms with van der Waals surface area (Å²) in [7, 11) is 1.71. The molecule has 0 saturated heterocycles. The Morgan fingerprint density at radius 3 is 2.65 bits per heavy atom. The highest BCUT2D eigenvalue weighted by Gasteiger charge is 2.00. The van der Waals surface area contributed by atoms with E-state index in [9.17, 15) is 0 Å². The molecule has 0 aliphatic heterocycles. The lowest BCUT2D eigenvalue weighted by Crippen LogP contribution is -2.12. The summed E-state index contributed by atoms with van der Waals surface area (Å²) >= 11 is 1.74. The minimum Gasteiger partial charge on any atom is -0.496 e. The van der Waals surface area contributed by atoms with E-state index in [1.54, 1.807) is 18.4 Å². The van der Waals surface area contributed by atoms with E-state index in [0.717, 1.165) is 18.8 Å². The fourth-order valence-electron chi connectivity index (χ4n) is 1.79. The summed E-state index contributed by atoms with van der Waals surface area (Å²) in [6, 6.07) is 8.44. The van der Waals surface area contributed by atoms with Gasteiger partial charge in [-0.15, -0.1) is 0 Å². The molecule has 0 fully saturated rings. The molecule has 3 heteroatoms. The van der Waals surface area contributed by atoms with Gasteiger partial charge in [0.2, 0.25) is 0 Å². The van der Waals surface area contributed by atoms with Crippen LogP contribution in [0.1, 0.15) is 16.7 Å². The van der Waals surface area contributed by atoms with Gasteiger partial charge in [-0.3, -0.25) is 0 Å². The molecule has 0 unspecified atom stereocenters. The van der Waals surface area contributed by atoms with E-state index in [0.29, 0.717) is 0 Å². The van der Waals surface area contributed by atoms with Gasteiger partial charge in [-0.05, 0) is 46.5 Å². The first-order chi connectivity index (χ1) is 8.29. The summed E-state index contributed by atoms with van der Waals surface area (Å²) in [5, 5.41) is 7.71. The zero-order valence-electron chi connectivity index (χ0n) is 10.2. The second-order valence-corrected chi connectivity index (χ2v) is 4.82. The fraction of sp³-hybridized carbons (Fsp3) is 0.286. The van der Waals surface area contributed by atoms with Crippen LogP contribution in [-0.2, 0) is 13.1 Å². The molecule has 2 aromatic rings. The first kappa shape index (κ1) is 12.1. The molecule has 0 atom stereocenters. The van der Waals surface area contributed by atoms with Gasteiger partial charge in [-0.2, -0.15) is 11.3 Å². The molecule has 1 N–H and O–H groups in total. The molecular weight excluding hydrogens is 230 g/mol. The molecule has 2 rings (SSSR count). The van der Waals surface area contributed by atoms with Crippen molar-refractivity contribution in [2.24, 2.45) is 0 Å². The lowest BCUT2D eigenvalue weighted by Gasteiger charge is -2.08. The molecule has 1 aromatic carbocycles. The molecule has 0 amide bonds. The first-order valence-corrected chi connectivity index (χ1v) is 6.59. The van der Waals surface area contributed by atoms with Gasteiger partial charge in [0.1, 0.15) is 5.75 Å². The van der Waals surface area contributed by atoms with Gasteiger partial charge >= 0.3 is 0 Å². The number of thiophene rings is 1. The van der Waals surface area contributed by atoms with Crippen LogP contribution >= 0.6 is 11.3 Å². The van der Waals surface area contributed by atoms with Crippen LogP contribution in [0.5, 0.6) is 5.75 Å². The molecule has 1 aromatic heterocycles. The lowest BCUT2D eigenvalue weighted by atomic mass is 10.1. The number of hydrogen-bond acceptors (Lipinski definition) is 3. The van der Waals surface area contributed by atoms with Crippen molar-refractivity contribution in [3.05, 3.63) is 51.7 Å². The molecule has 1 heterocycles. The number of methoxy groups -OCH3 is 1. The summed E-state index contributed by atoms with van der Waals surface area (Å²) in [4.78, 5) is 0.